The predicted octanol–water partition coefficient (Wildman–Crippen LogP) is 2.10. The minimum absolute atomic E-state index is 0.286. The van der Waals surface area contributed by atoms with E-state index in [1.165, 1.54) is 11.4 Å². The largest absolute Gasteiger partial charge is 0.453 e. The number of carbonyl (C=O) groups is 1. The number of sulfonamides is 1. The lowest BCUT2D eigenvalue weighted by atomic mass is 10.1. The Morgan fingerprint density at radius 2 is 1.83 bits per heavy atom. The Kier molecular flexibility index (Phi) is 6.01. The third-order valence-electron chi connectivity index (χ3n) is 3.99. The predicted molar refractivity (Wildman–Crippen MR) is 87.8 cm³/mol. The molecule has 0 unspecified atom stereocenters. The molecule has 1 aromatic carbocycles. The van der Waals surface area contributed by atoms with Crippen molar-refractivity contribution in [1.29, 1.82) is 0 Å². The van der Waals surface area contributed by atoms with Crippen LogP contribution in [0.4, 0.5) is 4.79 Å². The number of hydrogen-bond donors (Lipinski definition) is 0. The van der Waals surface area contributed by atoms with Crippen LogP contribution in [0.1, 0.15) is 25.3 Å². The molecule has 1 saturated heterocycles. The van der Waals surface area contributed by atoms with Crippen LogP contribution in [0, 0.1) is 0 Å². The maximum Gasteiger partial charge on any atom is 0.409 e. The lowest BCUT2D eigenvalue weighted by Crippen LogP contribution is -2.37. The molecule has 1 aliphatic heterocycles. The topological polar surface area (TPSA) is 66.9 Å². The molecule has 0 N–H and O–H groups in total. The summed E-state index contributed by atoms with van der Waals surface area (Å²) in [5.74, 6) is 0. The molecule has 2 rings (SSSR count). The third-order valence-corrected chi connectivity index (χ3v) is 5.90. The number of benzene rings is 1. The van der Waals surface area contributed by atoms with Crippen LogP contribution in [-0.4, -0.2) is 57.0 Å². The summed E-state index contributed by atoms with van der Waals surface area (Å²) in [5.41, 5.74) is 1.14. The average molecular weight is 340 g/mol. The molecule has 23 heavy (non-hydrogen) atoms. The van der Waals surface area contributed by atoms with Crippen molar-refractivity contribution in [2.75, 3.05) is 33.3 Å². The van der Waals surface area contributed by atoms with Gasteiger partial charge in [0.15, 0.2) is 0 Å². The Bertz CT molecular complexity index is 628. The van der Waals surface area contributed by atoms with Gasteiger partial charge in [0, 0.05) is 26.2 Å². The maximum absolute atomic E-state index is 12.7. The van der Waals surface area contributed by atoms with Gasteiger partial charge in [-0.15, -0.1) is 0 Å². The second-order valence-corrected chi connectivity index (χ2v) is 7.55. The fourth-order valence-corrected chi connectivity index (χ4v) is 4.18. The molecular weight excluding hydrogens is 316 g/mol. The molecule has 0 saturated carbocycles. The number of aryl methyl sites for hydroxylation is 1. The van der Waals surface area contributed by atoms with E-state index in [2.05, 4.69) is 6.92 Å². The molecule has 1 heterocycles. The van der Waals surface area contributed by atoms with Crippen molar-refractivity contribution in [3.8, 4) is 0 Å². The lowest BCUT2D eigenvalue weighted by Gasteiger charge is -2.21. The Balaban J connectivity index is 2.11. The number of ether oxygens (including phenoxy) is 1. The molecule has 128 valence electrons. The molecule has 0 bridgehead atoms. The Labute approximate surface area is 138 Å². The van der Waals surface area contributed by atoms with E-state index in [4.69, 9.17) is 4.74 Å². The van der Waals surface area contributed by atoms with Gasteiger partial charge in [-0.1, -0.05) is 25.5 Å². The van der Waals surface area contributed by atoms with Crippen molar-refractivity contribution in [3.63, 3.8) is 0 Å². The summed E-state index contributed by atoms with van der Waals surface area (Å²) in [6, 6.07) is 7.08. The van der Waals surface area contributed by atoms with Crippen LogP contribution in [0.5, 0.6) is 0 Å². The van der Waals surface area contributed by atoms with Crippen LogP contribution < -0.4 is 0 Å². The summed E-state index contributed by atoms with van der Waals surface area (Å²) >= 11 is 0. The molecule has 0 aliphatic carbocycles. The number of rotatable bonds is 4. The highest BCUT2D eigenvalue weighted by Crippen LogP contribution is 2.19. The Morgan fingerprint density at radius 3 is 2.43 bits per heavy atom. The second-order valence-electron chi connectivity index (χ2n) is 5.61. The molecule has 0 atom stereocenters. The lowest BCUT2D eigenvalue weighted by molar-refractivity contribution is 0.126. The molecular formula is C16H24N2O4S. The molecule has 0 spiro atoms. The van der Waals surface area contributed by atoms with E-state index in [9.17, 15) is 13.2 Å². The summed E-state index contributed by atoms with van der Waals surface area (Å²) < 4.78 is 31.6. The molecule has 7 heteroatoms. The van der Waals surface area contributed by atoms with Crippen molar-refractivity contribution >= 4 is 16.1 Å². The first-order chi connectivity index (χ1) is 11.0. The molecule has 6 nitrogen and oxygen atoms in total. The monoisotopic (exact) mass is 340 g/mol. The van der Waals surface area contributed by atoms with E-state index in [0.717, 1.165) is 18.4 Å². The Hall–Kier alpha value is -1.60. The zero-order valence-electron chi connectivity index (χ0n) is 13.7. The fraction of sp³-hybridized carbons (Fsp3) is 0.562. The molecule has 1 aliphatic rings. The highest BCUT2D eigenvalue weighted by Gasteiger charge is 2.28. The van der Waals surface area contributed by atoms with E-state index in [1.54, 1.807) is 17.0 Å². The van der Waals surface area contributed by atoms with Gasteiger partial charge < -0.3 is 9.64 Å². The van der Waals surface area contributed by atoms with Crippen LogP contribution in [0.3, 0.4) is 0 Å². The first kappa shape index (κ1) is 17.7. The SMILES string of the molecule is CCCc1ccc(S(=O)(=O)N2CCCN(C(=O)OC)CC2)cc1. The first-order valence-corrected chi connectivity index (χ1v) is 9.35. The standard InChI is InChI=1S/C16H24N2O4S/c1-3-5-14-6-8-15(9-7-14)23(20,21)18-11-4-10-17(12-13-18)16(19)22-2/h6-9H,3-5,10-13H2,1-2H3. The summed E-state index contributed by atoms with van der Waals surface area (Å²) in [6.45, 7) is 3.64. The summed E-state index contributed by atoms with van der Waals surface area (Å²) in [6.07, 6.45) is 2.16. The normalized spacial score (nSPS) is 16.9. The average Bonchev–Trinajstić information content (AvgIpc) is 2.81. The van der Waals surface area contributed by atoms with Crippen LogP contribution >= 0.6 is 0 Å². The van der Waals surface area contributed by atoms with E-state index >= 15 is 0 Å². The number of hydrogen-bond acceptors (Lipinski definition) is 4. The van der Waals surface area contributed by atoms with E-state index in [0.29, 0.717) is 31.0 Å². The highest BCUT2D eigenvalue weighted by atomic mass is 32.2. The van der Waals surface area contributed by atoms with Crippen LogP contribution in [0.2, 0.25) is 0 Å². The summed E-state index contributed by atoms with van der Waals surface area (Å²) in [5, 5.41) is 0. The number of carbonyl (C=O) groups excluding carboxylic acids is 1. The van der Waals surface area contributed by atoms with Gasteiger partial charge >= 0.3 is 6.09 Å². The molecule has 1 fully saturated rings. The van der Waals surface area contributed by atoms with E-state index < -0.39 is 16.1 Å². The minimum Gasteiger partial charge on any atom is -0.453 e. The highest BCUT2D eigenvalue weighted by molar-refractivity contribution is 7.89. The van der Waals surface area contributed by atoms with Gasteiger partial charge in [0.1, 0.15) is 0 Å². The minimum atomic E-state index is -3.52. The number of nitrogens with zero attached hydrogens (tertiary/aromatic N) is 2. The van der Waals surface area contributed by atoms with Crippen molar-refractivity contribution < 1.29 is 17.9 Å². The molecule has 0 aromatic heterocycles. The van der Waals surface area contributed by atoms with Gasteiger partial charge in [-0.25, -0.2) is 13.2 Å². The van der Waals surface area contributed by atoms with Gasteiger partial charge in [-0.3, -0.25) is 0 Å². The van der Waals surface area contributed by atoms with Gasteiger partial charge in [-0.2, -0.15) is 4.31 Å². The van der Waals surface area contributed by atoms with Gasteiger partial charge in [-0.05, 0) is 30.5 Å². The van der Waals surface area contributed by atoms with E-state index in [-0.39, 0.29) is 6.54 Å². The van der Waals surface area contributed by atoms with E-state index in [1.807, 2.05) is 12.1 Å². The van der Waals surface area contributed by atoms with Crippen LogP contribution in [0.25, 0.3) is 0 Å². The van der Waals surface area contributed by atoms with Gasteiger partial charge in [0.2, 0.25) is 10.0 Å². The first-order valence-electron chi connectivity index (χ1n) is 7.91. The molecule has 1 amide bonds. The molecule has 1 aromatic rings. The quantitative estimate of drug-likeness (QED) is 0.842. The van der Waals surface area contributed by atoms with Crippen molar-refractivity contribution in [3.05, 3.63) is 29.8 Å². The van der Waals surface area contributed by atoms with Crippen LogP contribution in [0.15, 0.2) is 29.2 Å². The summed E-state index contributed by atoms with van der Waals surface area (Å²) in [7, 11) is -2.19. The number of amides is 1. The zero-order valence-corrected chi connectivity index (χ0v) is 14.5. The van der Waals surface area contributed by atoms with Crippen LogP contribution in [-0.2, 0) is 21.2 Å². The Morgan fingerprint density at radius 1 is 1.13 bits per heavy atom. The van der Waals surface area contributed by atoms with Crippen molar-refractivity contribution in [2.24, 2.45) is 0 Å². The number of methoxy groups -OCH3 is 1. The van der Waals surface area contributed by atoms with Gasteiger partial charge in [0.05, 0.1) is 12.0 Å². The maximum atomic E-state index is 12.7. The summed E-state index contributed by atoms with van der Waals surface area (Å²) in [4.78, 5) is 13.4. The smallest absolute Gasteiger partial charge is 0.409 e. The third kappa shape index (κ3) is 4.23. The second kappa shape index (κ2) is 7.79. The zero-order chi connectivity index (χ0) is 16.9. The van der Waals surface area contributed by atoms with Gasteiger partial charge in [0.25, 0.3) is 0 Å². The fourth-order valence-electron chi connectivity index (χ4n) is 2.71. The van der Waals surface area contributed by atoms with Crippen molar-refractivity contribution in [1.82, 2.24) is 9.21 Å². The van der Waals surface area contributed by atoms with Crippen molar-refractivity contribution in [2.45, 2.75) is 31.1 Å². The molecule has 0 radical (unpaired) electrons.